The van der Waals surface area contributed by atoms with E-state index < -0.39 is 11.7 Å². The molecule has 1 aliphatic rings. The predicted octanol–water partition coefficient (Wildman–Crippen LogP) is 3.93. The van der Waals surface area contributed by atoms with E-state index in [1.807, 2.05) is 38.6 Å². The molecular weight excluding hydrogens is 322 g/mol. The standard InChI is InChI=1S/C19H29NO3S/c1-19(2,3)23-18(22)20-12-16(17(21)13-20)10-7-11-24-14-15-8-5-4-6-9-15/h4-6,8-9,16-17,21H,7,10-14H2,1-3H3/t16?,17-/m0/s1. The molecule has 24 heavy (non-hydrogen) atoms. The zero-order valence-electron chi connectivity index (χ0n) is 14.9. The summed E-state index contributed by atoms with van der Waals surface area (Å²) >= 11 is 1.92. The average Bonchev–Trinajstić information content (AvgIpc) is 2.88. The van der Waals surface area contributed by atoms with Gasteiger partial charge < -0.3 is 14.7 Å². The van der Waals surface area contributed by atoms with Crippen LogP contribution >= 0.6 is 11.8 Å². The van der Waals surface area contributed by atoms with Crippen LogP contribution in [0, 0.1) is 5.92 Å². The number of likely N-dealkylation sites (tertiary alicyclic amines) is 1. The maximum absolute atomic E-state index is 12.1. The first kappa shape index (κ1) is 19.1. The molecule has 0 spiro atoms. The Kier molecular flexibility index (Phi) is 6.99. The number of hydrogen-bond acceptors (Lipinski definition) is 4. The maximum Gasteiger partial charge on any atom is 0.410 e. The van der Waals surface area contributed by atoms with Crippen molar-refractivity contribution in [3.05, 3.63) is 35.9 Å². The first-order chi connectivity index (χ1) is 11.3. The summed E-state index contributed by atoms with van der Waals surface area (Å²) in [5.74, 6) is 2.26. The number of thioether (sulfide) groups is 1. The lowest BCUT2D eigenvalue weighted by molar-refractivity contribution is 0.0269. The van der Waals surface area contributed by atoms with Gasteiger partial charge in [-0.25, -0.2) is 4.79 Å². The summed E-state index contributed by atoms with van der Waals surface area (Å²) in [6, 6.07) is 10.5. The van der Waals surface area contributed by atoms with Crippen molar-refractivity contribution in [3.63, 3.8) is 0 Å². The Balaban J connectivity index is 1.65. The fraction of sp³-hybridized carbons (Fsp3) is 0.632. The normalized spacial score (nSPS) is 21.1. The van der Waals surface area contributed by atoms with E-state index in [1.165, 1.54) is 5.56 Å². The quantitative estimate of drug-likeness (QED) is 0.789. The van der Waals surface area contributed by atoms with Crippen molar-refractivity contribution in [1.29, 1.82) is 0 Å². The summed E-state index contributed by atoms with van der Waals surface area (Å²) in [6.07, 6.45) is 1.25. The zero-order valence-corrected chi connectivity index (χ0v) is 15.7. The highest BCUT2D eigenvalue weighted by molar-refractivity contribution is 7.98. The van der Waals surface area contributed by atoms with Gasteiger partial charge >= 0.3 is 6.09 Å². The molecule has 1 N–H and O–H groups in total. The molecule has 1 unspecified atom stereocenters. The molecule has 1 amide bonds. The molecule has 5 heteroatoms. The summed E-state index contributed by atoms with van der Waals surface area (Å²) in [5, 5.41) is 10.2. The van der Waals surface area contributed by atoms with Crippen molar-refractivity contribution in [2.24, 2.45) is 5.92 Å². The largest absolute Gasteiger partial charge is 0.444 e. The highest BCUT2D eigenvalue weighted by atomic mass is 32.2. The molecule has 1 saturated heterocycles. The van der Waals surface area contributed by atoms with Crippen LogP contribution < -0.4 is 0 Å². The Hall–Kier alpha value is -1.20. The lowest BCUT2D eigenvalue weighted by atomic mass is 10.0. The molecule has 1 aromatic carbocycles. The molecule has 0 aliphatic carbocycles. The fourth-order valence-corrected chi connectivity index (χ4v) is 3.77. The van der Waals surface area contributed by atoms with Crippen LogP contribution in [0.4, 0.5) is 4.79 Å². The van der Waals surface area contributed by atoms with Crippen LogP contribution in [-0.2, 0) is 10.5 Å². The summed E-state index contributed by atoms with van der Waals surface area (Å²) in [7, 11) is 0. The molecule has 1 fully saturated rings. The van der Waals surface area contributed by atoms with E-state index in [-0.39, 0.29) is 12.0 Å². The number of hydrogen-bond donors (Lipinski definition) is 1. The number of amides is 1. The van der Waals surface area contributed by atoms with E-state index in [9.17, 15) is 9.90 Å². The number of carbonyl (C=O) groups excluding carboxylic acids is 1. The Morgan fingerprint density at radius 3 is 2.67 bits per heavy atom. The number of nitrogens with zero attached hydrogens (tertiary/aromatic N) is 1. The van der Waals surface area contributed by atoms with Gasteiger partial charge in [-0.1, -0.05) is 30.3 Å². The van der Waals surface area contributed by atoms with E-state index in [4.69, 9.17) is 4.74 Å². The van der Waals surface area contributed by atoms with Gasteiger partial charge in [0.25, 0.3) is 0 Å². The van der Waals surface area contributed by atoms with Gasteiger partial charge in [-0.15, -0.1) is 0 Å². The van der Waals surface area contributed by atoms with Crippen LogP contribution in [0.3, 0.4) is 0 Å². The van der Waals surface area contributed by atoms with E-state index in [0.29, 0.717) is 13.1 Å². The van der Waals surface area contributed by atoms with Gasteiger partial charge in [-0.2, -0.15) is 11.8 Å². The topological polar surface area (TPSA) is 49.8 Å². The van der Waals surface area contributed by atoms with Crippen LogP contribution in [0.15, 0.2) is 30.3 Å². The molecule has 2 atom stereocenters. The number of ether oxygens (including phenoxy) is 1. The van der Waals surface area contributed by atoms with Crippen molar-refractivity contribution < 1.29 is 14.6 Å². The van der Waals surface area contributed by atoms with Crippen LogP contribution in [0.5, 0.6) is 0 Å². The number of benzene rings is 1. The van der Waals surface area contributed by atoms with E-state index >= 15 is 0 Å². The third kappa shape index (κ3) is 6.36. The minimum absolute atomic E-state index is 0.162. The van der Waals surface area contributed by atoms with Crippen LogP contribution in [-0.4, -0.2) is 46.6 Å². The Labute approximate surface area is 149 Å². The summed E-state index contributed by atoms with van der Waals surface area (Å²) in [5.41, 5.74) is 0.855. The van der Waals surface area contributed by atoms with Crippen molar-refractivity contribution >= 4 is 17.9 Å². The first-order valence-corrected chi connectivity index (χ1v) is 9.78. The lowest BCUT2D eigenvalue weighted by Crippen LogP contribution is -2.35. The van der Waals surface area contributed by atoms with Gasteiger partial charge in [-0.05, 0) is 44.9 Å². The van der Waals surface area contributed by atoms with Crippen molar-refractivity contribution in [1.82, 2.24) is 4.90 Å². The number of β-amino-alcohol motifs (C(OH)–C–C–N with tert-alkyl or cyclic N) is 1. The Bertz CT molecular complexity index is 515. The van der Waals surface area contributed by atoms with E-state index in [1.54, 1.807) is 4.90 Å². The molecule has 0 radical (unpaired) electrons. The average molecular weight is 352 g/mol. The third-order valence-corrected chi connectivity index (χ3v) is 5.15. The molecule has 134 valence electrons. The molecular formula is C19H29NO3S. The van der Waals surface area contributed by atoms with E-state index in [2.05, 4.69) is 24.3 Å². The third-order valence-electron chi connectivity index (χ3n) is 4.03. The van der Waals surface area contributed by atoms with Crippen molar-refractivity contribution in [2.75, 3.05) is 18.8 Å². The minimum Gasteiger partial charge on any atom is -0.444 e. The second-order valence-electron chi connectivity index (χ2n) is 7.39. The molecule has 0 aromatic heterocycles. The van der Waals surface area contributed by atoms with Crippen molar-refractivity contribution in [3.8, 4) is 0 Å². The number of carbonyl (C=O) groups is 1. The fourth-order valence-electron chi connectivity index (χ4n) is 2.83. The predicted molar refractivity (Wildman–Crippen MR) is 99.1 cm³/mol. The van der Waals surface area contributed by atoms with Gasteiger partial charge in [0.15, 0.2) is 0 Å². The molecule has 2 rings (SSSR count). The highest BCUT2D eigenvalue weighted by Crippen LogP contribution is 2.25. The molecule has 0 saturated carbocycles. The monoisotopic (exact) mass is 351 g/mol. The van der Waals surface area contributed by atoms with Crippen LogP contribution in [0.25, 0.3) is 0 Å². The first-order valence-electron chi connectivity index (χ1n) is 8.63. The zero-order chi connectivity index (χ0) is 17.6. The number of rotatable bonds is 6. The molecule has 1 heterocycles. The second kappa shape index (κ2) is 8.77. The SMILES string of the molecule is CC(C)(C)OC(=O)N1CC(CCCSCc2ccccc2)[C@@H](O)C1. The lowest BCUT2D eigenvalue weighted by Gasteiger charge is -2.24. The van der Waals surface area contributed by atoms with Crippen LogP contribution in [0.1, 0.15) is 39.2 Å². The molecule has 1 aliphatic heterocycles. The molecule has 0 bridgehead atoms. The van der Waals surface area contributed by atoms with Crippen molar-refractivity contribution in [2.45, 2.75) is 51.1 Å². The van der Waals surface area contributed by atoms with Crippen LogP contribution in [0.2, 0.25) is 0 Å². The maximum atomic E-state index is 12.1. The van der Waals surface area contributed by atoms with Gasteiger partial charge in [0.2, 0.25) is 0 Å². The van der Waals surface area contributed by atoms with Gasteiger partial charge in [0.1, 0.15) is 5.60 Å². The molecule has 1 aromatic rings. The molecule has 4 nitrogen and oxygen atoms in total. The van der Waals surface area contributed by atoms with Gasteiger partial charge in [0, 0.05) is 18.2 Å². The second-order valence-corrected chi connectivity index (χ2v) is 8.50. The minimum atomic E-state index is -0.492. The highest BCUT2D eigenvalue weighted by Gasteiger charge is 2.35. The summed E-state index contributed by atoms with van der Waals surface area (Å²) in [6.45, 7) is 6.56. The smallest absolute Gasteiger partial charge is 0.410 e. The summed E-state index contributed by atoms with van der Waals surface area (Å²) in [4.78, 5) is 13.7. The van der Waals surface area contributed by atoms with E-state index in [0.717, 1.165) is 24.3 Å². The Morgan fingerprint density at radius 1 is 1.29 bits per heavy atom. The van der Waals surface area contributed by atoms with Gasteiger partial charge in [0.05, 0.1) is 12.6 Å². The number of aliphatic hydroxyl groups is 1. The van der Waals surface area contributed by atoms with Gasteiger partial charge in [-0.3, -0.25) is 0 Å². The Morgan fingerprint density at radius 2 is 2.00 bits per heavy atom. The summed E-state index contributed by atoms with van der Waals surface area (Å²) < 4.78 is 5.38. The number of aliphatic hydroxyl groups excluding tert-OH is 1.